The van der Waals surface area contributed by atoms with Crippen LogP contribution in [0.5, 0.6) is 11.8 Å². The minimum Gasteiger partial charge on any atom is -0.493 e. The van der Waals surface area contributed by atoms with Gasteiger partial charge >= 0.3 is 0 Å². The number of hydrogen-bond donors (Lipinski definition) is 4. The molecule has 0 saturated carbocycles. The number of aromatic hydroxyl groups is 2. The van der Waals surface area contributed by atoms with Gasteiger partial charge in [0.2, 0.25) is 11.8 Å². The fourth-order valence-electron chi connectivity index (χ4n) is 2.89. The van der Waals surface area contributed by atoms with Gasteiger partial charge in [-0.1, -0.05) is 31.9 Å². The smallest absolute Gasteiger partial charge is 0.274 e. The van der Waals surface area contributed by atoms with E-state index in [2.05, 4.69) is 62.3 Å². The molecule has 0 atom stereocenters. The Kier molecular flexibility index (Phi) is 5.65. The van der Waals surface area contributed by atoms with Gasteiger partial charge in [-0.2, -0.15) is 0 Å². The number of benzene rings is 2. The molecule has 4 rings (SSSR count). The number of hydrogen-bond acceptors (Lipinski definition) is 6. The summed E-state index contributed by atoms with van der Waals surface area (Å²) < 4.78 is 1.51. The standard InChI is InChI=1S/C19H12Br2N6O4/c20-8-1-3-12-10(5-8)16(18(30)22-12)26-24-14(28)7-15(29)25-27-17-11-6-9(21)2-4-13(11)23-19(17)31/h1-6,22-23,30-31H,7H2. The number of aromatic nitrogens is 2. The average Bonchev–Trinajstić information content (AvgIpc) is 3.19. The first kappa shape index (κ1) is 20.9. The molecular formula is C19H12Br2N6O4. The molecule has 0 aliphatic rings. The Hall–Kier alpha value is -3.38. The second kappa shape index (κ2) is 8.40. The molecule has 2 amide bonds. The average molecular weight is 548 g/mol. The topological polar surface area (TPSA) is 156 Å². The van der Waals surface area contributed by atoms with Crippen molar-refractivity contribution in [3.05, 3.63) is 45.3 Å². The molecule has 0 aliphatic carbocycles. The van der Waals surface area contributed by atoms with Crippen LogP contribution in [0.25, 0.3) is 21.8 Å². The van der Waals surface area contributed by atoms with Gasteiger partial charge in [-0.15, -0.1) is 20.5 Å². The lowest BCUT2D eigenvalue weighted by molar-refractivity contribution is -0.126. The van der Waals surface area contributed by atoms with Gasteiger partial charge in [0, 0.05) is 19.7 Å². The molecule has 0 fully saturated rings. The summed E-state index contributed by atoms with van der Waals surface area (Å²) in [5.41, 5.74) is 1.37. The maximum absolute atomic E-state index is 12.0. The van der Waals surface area contributed by atoms with Crippen LogP contribution in [0.1, 0.15) is 6.42 Å². The Morgan fingerprint density at radius 2 is 1.19 bits per heavy atom. The van der Waals surface area contributed by atoms with Gasteiger partial charge in [0.05, 0.1) is 11.0 Å². The summed E-state index contributed by atoms with van der Waals surface area (Å²) >= 11 is 6.64. The SMILES string of the molecule is O=C(CC(=O)N=Nc1c(O)[nH]c2ccc(Br)cc12)N=Nc1c(O)[nH]c2ccc(Br)cc12. The van der Waals surface area contributed by atoms with Crippen molar-refractivity contribution in [1.82, 2.24) is 9.97 Å². The molecule has 0 bridgehead atoms. The number of azo groups is 2. The molecule has 4 aromatic rings. The van der Waals surface area contributed by atoms with Gasteiger partial charge in [-0.25, -0.2) is 0 Å². The third-order valence-corrected chi connectivity index (χ3v) is 5.24. The number of rotatable bonds is 4. The summed E-state index contributed by atoms with van der Waals surface area (Å²) in [5, 5.41) is 35.5. The van der Waals surface area contributed by atoms with Crippen molar-refractivity contribution in [3.63, 3.8) is 0 Å². The quantitative estimate of drug-likeness (QED) is 0.185. The molecule has 0 spiro atoms. The summed E-state index contributed by atoms with van der Waals surface area (Å²) in [4.78, 5) is 29.4. The van der Waals surface area contributed by atoms with Crippen molar-refractivity contribution in [3.8, 4) is 11.8 Å². The molecule has 156 valence electrons. The van der Waals surface area contributed by atoms with Crippen LogP contribution in [0.3, 0.4) is 0 Å². The Morgan fingerprint density at radius 1 is 0.774 bits per heavy atom. The highest BCUT2D eigenvalue weighted by atomic mass is 79.9. The van der Waals surface area contributed by atoms with Gasteiger partial charge in [0.25, 0.3) is 11.8 Å². The molecule has 2 heterocycles. The molecule has 2 aromatic heterocycles. The zero-order valence-electron chi connectivity index (χ0n) is 15.4. The van der Waals surface area contributed by atoms with Gasteiger partial charge in [-0.3, -0.25) is 9.59 Å². The number of nitrogens with zero attached hydrogens (tertiary/aromatic N) is 4. The lowest BCUT2D eigenvalue weighted by Gasteiger charge is -1.94. The number of carbonyl (C=O) groups is 2. The number of amides is 2. The lowest BCUT2D eigenvalue weighted by atomic mass is 10.2. The molecule has 0 radical (unpaired) electrons. The zero-order chi connectivity index (χ0) is 22.1. The molecular weight excluding hydrogens is 536 g/mol. The summed E-state index contributed by atoms with van der Waals surface area (Å²) in [6.45, 7) is 0. The normalized spacial score (nSPS) is 11.9. The molecule has 31 heavy (non-hydrogen) atoms. The van der Waals surface area contributed by atoms with Crippen LogP contribution < -0.4 is 0 Å². The molecule has 0 saturated heterocycles. The Balaban J connectivity index is 1.48. The lowest BCUT2D eigenvalue weighted by Crippen LogP contribution is -2.01. The highest BCUT2D eigenvalue weighted by molar-refractivity contribution is 9.10. The van der Waals surface area contributed by atoms with E-state index < -0.39 is 18.2 Å². The molecule has 0 aliphatic heterocycles. The Labute approximate surface area is 190 Å². The van der Waals surface area contributed by atoms with Crippen LogP contribution in [0.4, 0.5) is 11.4 Å². The van der Waals surface area contributed by atoms with Crippen LogP contribution >= 0.6 is 31.9 Å². The van der Waals surface area contributed by atoms with Crippen molar-refractivity contribution in [2.45, 2.75) is 6.42 Å². The Morgan fingerprint density at radius 3 is 1.61 bits per heavy atom. The second-order valence-electron chi connectivity index (χ2n) is 6.39. The van der Waals surface area contributed by atoms with Crippen molar-refractivity contribution < 1.29 is 19.8 Å². The zero-order valence-corrected chi connectivity index (χ0v) is 18.6. The van der Waals surface area contributed by atoms with Crippen LogP contribution in [-0.4, -0.2) is 32.0 Å². The van der Waals surface area contributed by atoms with Crippen LogP contribution in [0, 0.1) is 0 Å². The van der Waals surface area contributed by atoms with E-state index in [-0.39, 0.29) is 23.1 Å². The van der Waals surface area contributed by atoms with E-state index in [1.165, 1.54) is 0 Å². The summed E-state index contributed by atoms with van der Waals surface area (Å²) in [5.74, 6) is -2.23. The predicted molar refractivity (Wildman–Crippen MR) is 119 cm³/mol. The van der Waals surface area contributed by atoms with E-state index in [1.807, 2.05) is 0 Å². The van der Waals surface area contributed by atoms with Gasteiger partial charge in [0.15, 0.2) is 11.4 Å². The van der Waals surface area contributed by atoms with E-state index in [0.717, 1.165) is 8.95 Å². The first-order chi connectivity index (χ1) is 14.8. The van der Waals surface area contributed by atoms with Crippen LogP contribution in [-0.2, 0) is 9.59 Å². The molecule has 2 aromatic carbocycles. The van der Waals surface area contributed by atoms with E-state index in [0.29, 0.717) is 21.8 Å². The minimum atomic E-state index is -0.862. The fourth-order valence-corrected chi connectivity index (χ4v) is 3.61. The highest BCUT2D eigenvalue weighted by Crippen LogP contribution is 2.38. The summed E-state index contributed by atoms with van der Waals surface area (Å²) in [7, 11) is 0. The predicted octanol–water partition coefficient (Wildman–Crippen LogP) is 5.90. The van der Waals surface area contributed by atoms with E-state index in [9.17, 15) is 19.8 Å². The van der Waals surface area contributed by atoms with E-state index in [4.69, 9.17) is 0 Å². The highest BCUT2D eigenvalue weighted by Gasteiger charge is 2.14. The van der Waals surface area contributed by atoms with E-state index in [1.54, 1.807) is 36.4 Å². The van der Waals surface area contributed by atoms with Crippen LogP contribution in [0.15, 0.2) is 65.8 Å². The van der Waals surface area contributed by atoms with Crippen molar-refractivity contribution in [1.29, 1.82) is 0 Å². The largest absolute Gasteiger partial charge is 0.493 e. The van der Waals surface area contributed by atoms with Gasteiger partial charge in [-0.05, 0) is 36.4 Å². The van der Waals surface area contributed by atoms with E-state index >= 15 is 0 Å². The molecule has 4 N–H and O–H groups in total. The maximum atomic E-state index is 12.0. The maximum Gasteiger partial charge on any atom is 0.274 e. The molecule has 12 heteroatoms. The number of aromatic amines is 2. The number of fused-ring (bicyclic) bond motifs is 2. The number of nitrogens with one attached hydrogen (secondary N) is 2. The number of halogens is 2. The van der Waals surface area contributed by atoms with Crippen molar-refractivity contribution in [2.24, 2.45) is 20.5 Å². The van der Waals surface area contributed by atoms with Crippen molar-refractivity contribution >= 4 is 76.9 Å². The first-order valence-electron chi connectivity index (χ1n) is 8.71. The van der Waals surface area contributed by atoms with Crippen LogP contribution in [0.2, 0.25) is 0 Å². The van der Waals surface area contributed by atoms with Gasteiger partial charge in [0.1, 0.15) is 6.42 Å². The molecule has 0 unspecified atom stereocenters. The second-order valence-corrected chi connectivity index (χ2v) is 8.22. The third kappa shape index (κ3) is 4.39. The first-order valence-corrected chi connectivity index (χ1v) is 10.3. The monoisotopic (exact) mass is 546 g/mol. The molecule has 10 nitrogen and oxygen atoms in total. The fraction of sp³-hybridized carbons (Fsp3) is 0.0526. The number of H-pyrrole nitrogens is 2. The summed E-state index contributed by atoms with van der Waals surface area (Å²) in [6, 6.07) is 10.4. The number of carbonyl (C=O) groups excluding carboxylic acids is 2. The minimum absolute atomic E-state index is 0.0769. The van der Waals surface area contributed by atoms with Gasteiger partial charge < -0.3 is 20.2 Å². The summed E-state index contributed by atoms with van der Waals surface area (Å²) in [6.07, 6.45) is -0.674. The van der Waals surface area contributed by atoms with Crippen molar-refractivity contribution in [2.75, 3.05) is 0 Å². The third-order valence-electron chi connectivity index (χ3n) is 4.25. The Bertz CT molecular complexity index is 1300.